The quantitative estimate of drug-likeness (QED) is 0.474. The Balaban J connectivity index is 3.21. The van der Waals surface area contributed by atoms with Crippen LogP contribution in [0.4, 0.5) is 0 Å². The van der Waals surface area contributed by atoms with Crippen LogP contribution < -0.4 is 4.73 Å². The summed E-state index contributed by atoms with van der Waals surface area (Å²) in [6, 6.07) is 3.99. The molecule has 0 aliphatic rings. The van der Waals surface area contributed by atoms with E-state index in [-0.39, 0.29) is 10.8 Å². The zero-order chi connectivity index (χ0) is 11.9. The number of hydrogen-bond acceptors (Lipinski definition) is 1. The van der Waals surface area contributed by atoms with Gasteiger partial charge in [0.25, 0.3) is 0 Å². The molecule has 2 heteroatoms. The van der Waals surface area contributed by atoms with E-state index in [1.807, 2.05) is 26.8 Å². The zero-order valence-electron chi connectivity index (χ0n) is 10.6. The highest BCUT2D eigenvalue weighted by Crippen LogP contribution is 2.23. The maximum atomic E-state index is 11.9. The molecule has 0 aromatic carbocycles. The van der Waals surface area contributed by atoms with E-state index < -0.39 is 0 Å². The van der Waals surface area contributed by atoms with Crippen LogP contribution in [0.3, 0.4) is 0 Å². The maximum absolute atomic E-state index is 11.9. The van der Waals surface area contributed by atoms with Gasteiger partial charge in [0.1, 0.15) is 0 Å². The van der Waals surface area contributed by atoms with Gasteiger partial charge in [0.05, 0.1) is 0 Å². The van der Waals surface area contributed by atoms with Gasteiger partial charge in [-0.2, -0.15) is 4.73 Å². The Morgan fingerprint density at radius 1 is 0.933 bits per heavy atom. The van der Waals surface area contributed by atoms with Gasteiger partial charge in [-0.25, -0.2) is 0 Å². The Kier molecular flexibility index (Phi) is 2.81. The second-order valence-corrected chi connectivity index (χ2v) is 6.13. The Hall–Kier alpha value is -1.05. The molecule has 0 fully saturated rings. The molecule has 1 heterocycles. The fourth-order valence-corrected chi connectivity index (χ4v) is 1.51. The fraction of sp³-hybridized carbons (Fsp3) is 0.615. The smallest absolute Gasteiger partial charge is 0.198 e. The number of rotatable bonds is 0. The molecule has 0 aliphatic heterocycles. The van der Waals surface area contributed by atoms with Crippen LogP contribution in [0.25, 0.3) is 0 Å². The van der Waals surface area contributed by atoms with Crippen molar-refractivity contribution in [2.75, 3.05) is 0 Å². The molecule has 0 saturated heterocycles. The predicted octanol–water partition coefficient (Wildman–Crippen LogP) is 2.92. The minimum absolute atomic E-state index is 0.0303. The molecule has 0 saturated carbocycles. The van der Waals surface area contributed by atoms with Crippen molar-refractivity contribution in [3.8, 4) is 0 Å². The number of hydrogen-bond donors (Lipinski definition) is 0. The van der Waals surface area contributed by atoms with Crippen LogP contribution in [-0.2, 0) is 10.8 Å². The van der Waals surface area contributed by atoms with E-state index in [0.717, 1.165) is 16.0 Å². The lowest BCUT2D eigenvalue weighted by Gasteiger charge is -2.21. The van der Waals surface area contributed by atoms with Crippen LogP contribution in [0, 0.1) is 5.21 Å². The lowest BCUT2D eigenvalue weighted by molar-refractivity contribution is -0.618. The Morgan fingerprint density at radius 2 is 1.47 bits per heavy atom. The molecule has 1 aromatic heterocycles. The molecule has 0 bridgehead atoms. The highest BCUT2D eigenvalue weighted by atomic mass is 16.5. The number of pyridine rings is 1. The third-order valence-electron chi connectivity index (χ3n) is 2.55. The lowest BCUT2D eigenvalue weighted by atomic mass is 9.86. The number of nitrogens with zero attached hydrogens (tertiary/aromatic N) is 1. The summed E-state index contributed by atoms with van der Waals surface area (Å²) in [5, 5.41) is 11.9. The molecule has 0 aliphatic carbocycles. The minimum atomic E-state index is -0.0990. The van der Waals surface area contributed by atoms with E-state index in [0.29, 0.717) is 0 Å². The summed E-state index contributed by atoms with van der Waals surface area (Å²) in [6.07, 6.45) is 1.70. The van der Waals surface area contributed by atoms with Crippen molar-refractivity contribution in [3.63, 3.8) is 0 Å². The van der Waals surface area contributed by atoms with Gasteiger partial charge in [0, 0.05) is 17.0 Å². The van der Waals surface area contributed by atoms with Gasteiger partial charge in [0.2, 0.25) is 0 Å². The van der Waals surface area contributed by atoms with Crippen molar-refractivity contribution in [2.45, 2.75) is 52.4 Å². The first-order chi connectivity index (χ1) is 6.62. The molecular weight excluding hydrogens is 186 g/mol. The lowest BCUT2D eigenvalue weighted by Crippen LogP contribution is -2.39. The van der Waals surface area contributed by atoms with Gasteiger partial charge in [-0.15, -0.1) is 0 Å². The van der Waals surface area contributed by atoms with Crippen molar-refractivity contribution in [3.05, 3.63) is 34.8 Å². The largest absolute Gasteiger partial charge is 0.618 e. The first kappa shape index (κ1) is 12.0. The predicted molar refractivity (Wildman–Crippen MR) is 62.8 cm³/mol. The summed E-state index contributed by atoms with van der Waals surface area (Å²) in [5.41, 5.74) is 1.82. The minimum Gasteiger partial charge on any atom is -0.618 e. The van der Waals surface area contributed by atoms with E-state index in [4.69, 9.17) is 0 Å². The highest BCUT2D eigenvalue weighted by molar-refractivity contribution is 5.20. The van der Waals surface area contributed by atoms with E-state index in [2.05, 4.69) is 26.8 Å². The van der Waals surface area contributed by atoms with Crippen LogP contribution >= 0.6 is 0 Å². The summed E-state index contributed by atoms with van der Waals surface area (Å²) < 4.78 is 1.00. The number of aromatic nitrogens is 1. The zero-order valence-corrected chi connectivity index (χ0v) is 10.6. The van der Waals surface area contributed by atoms with Gasteiger partial charge in [-0.05, 0) is 11.5 Å². The first-order valence-corrected chi connectivity index (χ1v) is 5.36. The van der Waals surface area contributed by atoms with Crippen molar-refractivity contribution in [1.29, 1.82) is 0 Å². The first-order valence-electron chi connectivity index (χ1n) is 5.36. The van der Waals surface area contributed by atoms with E-state index in [9.17, 15) is 5.21 Å². The molecule has 0 N–H and O–H groups in total. The standard InChI is InChI=1S/C13H21NO/c1-12(2,3)10-7-8-11(13(4,5)6)14(15)9-10/h7-9H,1-6H3. The summed E-state index contributed by atoms with van der Waals surface area (Å²) in [4.78, 5) is 0. The van der Waals surface area contributed by atoms with E-state index in [1.54, 1.807) is 6.20 Å². The van der Waals surface area contributed by atoms with Gasteiger partial charge in [-0.3, -0.25) is 0 Å². The molecule has 0 atom stereocenters. The average molecular weight is 207 g/mol. The molecule has 2 nitrogen and oxygen atoms in total. The summed E-state index contributed by atoms with van der Waals surface area (Å²) in [5.74, 6) is 0. The Morgan fingerprint density at radius 3 is 1.80 bits per heavy atom. The molecular formula is C13H21NO. The van der Waals surface area contributed by atoms with Crippen molar-refractivity contribution in [1.82, 2.24) is 0 Å². The van der Waals surface area contributed by atoms with Crippen LogP contribution in [-0.4, -0.2) is 0 Å². The van der Waals surface area contributed by atoms with Gasteiger partial charge in [-0.1, -0.05) is 41.5 Å². The van der Waals surface area contributed by atoms with Crippen molar-refractivity contribution < 1.29 is 4.73 Å². The third-order valence-corrected chi connectivity index (χ3v) is 2.55. The molecule has 0 amide bonds. The third kappa shape index (κ3) is 2.71. The van der Waals surface area contributed by atoms with Crippen LogP contribution in [0.5, 0.6) is 0 Å². The van der Waals surface area contributed by atoms with Crippen molar-refractivity contribution in [2.24, 2.45) is 0 Å². The Bertz CT molecular complexity index is 356. The summed E-state index contributed by atoms with van der Waals surface area (Å²) in [7, 11) is 0. The average Bonchev–Trinajstić information content (AvgIpc) is 1.99. The van der Waals surface area contributed by atoms with Crippen LogP contribution in [0.2, 0.25) is 0 Å². The normalized spacial score (nSPS) is 12.9. The highest BCUT2D eigenvalue weighted by Gasteiger charge is 2.25. The SMILES string of the molecule is CC(C)(C)c1ccc(C(C)(C)C)[n+]([O-])c1. The van der Waals surface area contributed by atoms with Gasteiger partial charge < -0.3 is 5.21 Å². The molecule has 1 aromatic rings. The van der Waals surface area contributed by atoms with E-state index in [1.165, 1.54) is 0 Å². The molecule has 1 rings (SSSR count). The van der Waals surface area contributed by atoms with Gasteiger partial charge in [0.15, 0.2) is 11.9 Å². The summed E-state index contributed by atoms with van der Waals surface area (Å²) in [6.45, 7) is 12.5. The van der Waals surface area contributed by atoms with E-state index >= 15 is 0 Å². The molecule has 0 radical (unpaired) electrons. The topological polar surface area (TPSA) is 26.9 Å². The molecule has 84 valence electrons. The monoisotopic (exact) mass is 207 g/mol. The second kappa shape index (κ2) is 3.51. The van der Waals surface area contributed by atoms with Crippen LogP contribution in [0.15, 0.2) is 18.3 Å². The van der Waals surface area contributed by atoms with Gasteiger partial charge >= 0.3 is 0 Å². The van der Waals surface area contributed by atoms with Crippen molar-refractivity contribution >= 4 is 0 Å². The summed E-state index contributed by atoms with van der Waals surface area (Å²) >= 11 is 0. The fourth-order valence-electron chi connectivity index (χ4n) is 1.51. The maximum Gasteiger partial charge on any atom is 0.198 e. The molecule has 0 unspecified atom stereocenters. The van der Waals surface area contributed by atoms with Crippen LogP contribution in [0.1, 0.15) is 52.8 Å². The Labute approximate surface area is 92.5 Å². The second-order valence-electron chi connectivity index (χ2n) is 6.13. The molecule has 0 spiro atoms. The molecule has 15 heavy (non-hydrogen) atoms.